The Morgan fingerprint density at radius 3 is 2.24 bits per heavy atom. The highest BCUT2D eigenvalue weighted by molar-refractivity contribution is 7.84. The molecular formula is C11H14F3NOS. The lowest BCUT2D eigenvalue weighted by Gasteiger charge is -2.07. The van der Waals surface area contributed by atoms with Crippen molar-refractivity contribution in [3.8, 4) is 0 Å². The second-order valence-corrected chi connectivity index (χ2v) is 5.20. The maximum absolute atomic E-state index is 12.3. The lowest BCUT2D eigenvalue weighted by Crippen LogP contribution is -2.08. The quantitative estimate of drug-likeness (QED) is 0.887. The van der Waals surface area contributed by atoms with Gasteiger partial charge >= 0.3 is 6.18 Å². The van der Waals surface area contributed by atoms with Crippen molar-refractivity contribution < 1.29 is 17.4 Å². The Bertz CT molecular complexity index is 375. The Morgan fingerprint density at radius 1 is 1.18 bits per heavy atom. The lowest BCUT2D eigenvalue weighted by molar-refractivity contribution is -0.137. The minimum absolute atomic E-state index is 0.276. The molecule has 0 heterocycles. The summed E-state index contributed by atoms with van der Waals surface area (Å²) in [5.74, 6) is 0.760. The van der Waals surface area contributed by atoms with Crippen molar-refractivity contribution in [3.63, 3.8) is 0 Å². The molecule has 2 nitrogen and oxygen atoms in total. The van der Waals surface area contributed by atoms with Crippen molar-refractivity contribution in [3.05, 3.63) is 35.4 Å². The second-order valence-electron chi connectivity index (χ2n) is 3.63. The van der Waals surface area contributed by atoms with Crippen LogP contribution in [0.4, 0.5) is 13.2 Å². The number of halogens is 3. The van der Waals surface area contributed by atoms with Crippen LogP contribution in [-0.2, 0) is 22.7 Å². The van der Waals surface area contributed by atoms with Gasteiger partial charge in [-0.05, 0) is 30.7 Å². The summed E-state index contributed by atoms with van der Waals surface area (Å²) in [6.45, 7) is 0.471. The molecule has 0 saturated heterocycles. The molecule has 0 aliphatic heterocycles. The molecule has 0 bridgehead atoms. The van der Waals surface area contributed by atoms with Gasteiger partial charge in [0.1, 0.15) is 0 Å². The monoisotopic (exact) mass is 265 g/mol. The van der Waals surface area contributed by atoms with E-state index in [4.69, 9.17) is 5.73 Å². The highest BCUT2D eigenvalue weighted by atomic mass is 32.2. The minimum atomic E-state index is -4.32. The average Bonchev–Trinajstić information content (AvgIpc) is 2.26. The van der Waals surface area contributed by atoms with Crippen LogP contribution in [0.1, 0.15) is 17.5 Å². The molecule has 0 fully saturated rings. The second kappa shape index (κ2) is 6.16. The third-order valence-electron chi connectivity index (χ3n) is 2.19. The third-order valence-corrected chi connectivity index (χ3v) is 3.58. The fourth-order valence-corrected chi connectivity index (χ4v) is 2.49. The Balaban J connectivity index is 2.60. The number of alkyl halides is 3. The molecule has 0 aliphatic rings. The molecule has 0 aliphatic carbocycles. The highest BCUT2D eigenvalue weighted by Crippen LogP contribution is 2.29. The molecule has 0 radical (unpaired) electrons. The molecule has 17 heavy (non-hydrogen) atoms. The summed E-state index contributed by atoms with van der Waals surface area (Å²) in [4.78, 5) is 0. The van der Waals surface area contributed by atoms with Crippen molar-refractivity contribution in [2.24, 2.45) is 5.73 Å². The molecule has 6 heteroatoms. The Hall–Kier alpha value is -0.880. The van der Waals surface area contributed by atoms with E-state index in [2.05, 4.69) is 0 Å². The lowest BCUT2D eigenvalue weighted by atomic mass is 10.1. The summed E-state index contributed by atoms with van der Waals surface area (Å²) in [5.41, 5.74) is 5.24. The largest absolute Gasteiger partial charge is 0.416 e. The van der Waals surface area contributed by atoms with Gasteiger partial charge < -0.3 is 5.73 Å². The van der Waals surface area contributed by atoms with Gasteiger partial charge in [-0.15, -0.1) is 0 Å². The van der Waals surface area contributed by atoms with Crippen LogP contribution in [0.3, 0.4) is 0 Å². The van der Waals surface area contributed by atoms with Crippen LogP contribution >= 0.6 is 0 Å². The van der Waals surface area contributed by atoms with Gasteiger partial charge in [0.2, 0.25) is 0 Å². The molecule has 1 atom stereocenters. The molecule has 1 unspecified atom stereocenters. The zero-order chi connectivity index (χ0) is 12.9. The Labute approximate surface area is 100 Å². The first-order chi connectivity index (χ1) is 7.93. The molecule has 96 valence electrons. The van der Waals surface area contributed by atoms with Gasteiger partial charge in [-0.1, -0.05) is 12.1 Å². The number of hydrogen-bond acceptors (Lipinski definition) is 2. The minimum Gasteiger partial charge on any atom is -0.330 e. The van der Waals surface area contributed by atoms with Crippen LogP contribution in [-0.4, -0.2) is 16.5 Å². The number of hydrogen-bond donors (Lipinski definition) is 1. The zero-order valence-electron chi connectivity index (χ0n) is 9.17. The summed E-state index contributed by atoms with van der Waals surface area (Å²) in [7, 11) is -1.06. The van der Waals surface area contributed by atoms with Crippen LogP contribution < -0.4 is 5.73 Å². The van der Waals surface area contributed by atoms with Crippen molar-refractivity contribution in [2.75, 3.05) is 12.3 Å². The van der Waals surface area contributed by atoms with Crippen LogP contribution in [0.25, 0.3) is 0 Å². The van der Waals surface area contributed by atoms with Crippen molar-refractivity contribution in [2.45, 2.75) is 18.3 Å². The van der Waals surface area contributed by atoms with Gasteiger partial charge in [0.05, 0.1) is 5.56 Å². The molecule has 0 saturated carbocycles. The topological polar surface area (TPSA) is 43.1 Å². The van der Waals surface area contributed by atoms with E-state index in [0.29, 0.717) is 24.3 Å². The maximum Gasteiger partial charge on any atom is 0.416 e. The summed E-state index contributed by atoms with van der Waals surface area (Å²) in [5, 5.41) is 0. The van der Waals surface area contributed by atoms with E-state index in [-0.39, 0.29) is 5.75 Å². The van der Waals surface area contributed by atoms with Gasteiger partial charge in [0.15, 0.2) is 0 Å². The normalized spacial score (nSPS) is 13.6. The summed E-state index contributed by atoms with van der Waals surface area (Å²) < 4.78 is 48.3. The first-order valence-electron chi connectivity index (χ1n) is 5.14. The molecule has 1 aromatic carbocycles. The number of rotatable bonds is 5. The van der Waals surface area contributed by atoms with Crippen molar-refractivity contribution >= 4 is 10.8 Å². The molecule has 0 spiro atoms. The summed E-state index contributed by atoms with van der Waals surface area (Å²) >= 11 is 0. The van der Waals surface area contributed by atoms with E-state index in [1.54, 1.807) is 0 Å². The standard InChI is InChI=1S/C11H14F3NOS/c12-11(13,14)10-4-2-9(3-5-10)8-17(16)7-1-6-15/h2-5H,1,6-8,15H2. The van der Waals surface area contributed by atoms with E-state index < -0.39 is 22.5 Å². The molecule has 0 aromatic heterocycles. The van der Waals surface area contributed by atoms with E-state index in [0.717, 1.165) is 12.1 Å². The molecule has 1 aromatic rings. The van der Waals surface area contributed by atoms with Crippen molar-refractivity contribution in [1.29, 1.82) is 0 Å². The van der Waals surface area contributed by atoms with Gasteiger partial charge in [-0.25, -0.2) is 0 Å². The number of benzene rings is 1. The van der Waals surface area contributed by atoms with Crippen molar-refractivity contribution in [1.82, 2.24) is 0 Å². The van der Waals surface area contributed by atoms with E-state index >= 15 is 0 Å². The average molecular weight is 265 g/mol. The predicted octanol–water partition coefficient (Wildman–Crippen LogP) is 2.30. The van der Waals surface area contributed by atoms with Gasteiger partial charge in [-0.2, -0.15) is 13.2 Å². The highest BCUT2D eigenvalue weighted by Gasteiger charge is 2.29. The fraction of sp³-hybridized carbons (Fsp3) is 0.455. The summed E-state index contributed by atoms with van der Waals surface area (Å²) in [6.07, 6.45) is -3.66. The Morgan fingerprint density at radius 2 is 1.76 bits per heavy atom. The fourth-order valence-electron chi connectivity index (χ4n) is 1.29. The number of nitrogens with two attached hydrogens (primary N) is 1. The smallest absolute Gasteiger partial charge is 0.330 e. The van der Waals surface area contributed by atoms with Gasteiger partial charge in [0, 0.05) is 22.3 Å². The molecule has 1 rings (SSSR count). The van der Waals surface area contributed by atoms with Crippen LogP contribution in [0.2, 0.25) is 0 Å². The molecule has 0 amide bonds. The van der Waals surface area contributed by atoms with Gasteiger partial charge in [0.25, 0.3) is 0 Å². The predicted molar refractivity (Wildman–Crippen MR) is 61.8 cm³/mol. The maximum atomic E-state index is 12.3. The van der Waals surface area contributed by atoms with Crippen LogP contribution in [0.5, 0.6) is 0 Å². The van der Waals surface area contributed by atoms with Crippen LogP contribution in [0, 0.1) is 0 Å². The Kier molecular flexibility index (Phi) is 5.14. The van der Waals surface area contributed by atoms with E-state index in [1.807, 2.05) is 0 Å². The third kappa shape index (κ3) is 4.87. The zero-order valence-corrected chi connectivity index (χ0v) is 9.98. The first kappa shape index (κ1) is 14.2. The first-order valence-corrected chi connectivity index (χ1v) is 6.63. The van der Waals surface area contributed by atoms with Crippen LogP contribution in [0.15, 0.2) is 24.3 Å². The summed E-state index contributed by atoms with van der Waals surface area (Å²) in [6, 6.07) is 4.75. The van der Waals surface area contributed by atoms with E-state index in [1.165, 1.54) is 12.1 Å². The SMILES string of the molecule is NCCCS(=O)Cc1ccc(C(F)(F)F)cc1. The molecule has 2 N–H and O–H groups in total. The van der Waals surface area contributed by atoms with Gasteiger partial charge in [-0.3, -0.25) is 4.21 Å². The molecular weight excluding hydrogens is 251 g/mol. The van der Waals surface area contributed by atoms with E-state index in [9.17, 15) is 17.4 Å².